The van der Waals surface area contributed by atoms with Gasteiger partial charge in [-0.2, -0.15) is 0 Å². The van der Waals surface area contributed by atoms with Crippen LogP contribution in [0, 0.1) is 0 Å². The summed E-state index contributed by atoms with van der Waals surface area (Å²) in [7, 11) is 3.20. The minimum absolute atomic E-state index is 0.0442. The van der Waals surface area contributed by atoms with Crippen molar-refractivity contribution in [2.75, 3.05) is 27.3 Å². The highest BCUT2D eigenvalue weighted by Crippen LogP contribution is 2.16. The normalized spacial score (nSPS) is 23.9. The van der Waals surface area contributed by atoms with E-state index in [-0.39, 0.29) is 18.6 Å². The molecule has 1 heterocycles. The Labute approximate surface area is 71.4 Å². The van der Waals surface area contributed by atoms with Crippen LogP contribution in [0.4, 0.5) is 0 Å². The standard InChI is InChI=1S/C8H13NO3/c1-9-4-3-6(7(9)5-10)8(11)12-2/h3,7,10H,4-5H2,1-2H3/t7-/m1/s1. The fraction of sp³-hybridized carbons (Fsp3) is 0.625. The number of aliphatic hydroxyl groups excluding tert-OH is 1. The van der Waals surface area contributed by atoms with Gasteiger partial charge < -0.3 is 9.84 Å². The van der Waals surface area contributed by atoms with E-state index in [1.165, 1.54) is 7.11 Å². The Morgan fingerprint density at radius 2 is 2.58 bits per heavy atom. The molecule has 0 saturated carbocycles. The molecule has 1 N–H and O–H groups in total. The van der Waals surface area contributed by atoms with Gasteiger partial charge in [-0.1, -0.05) is 6.08 Å². The molecule has 1 atom stereocenters. The maximum absolute atomic E-state index is 11.1. The molecule has 0 aromatic rings. The highest BCUT2D eigenvalue weighted by molar-refractivity contribution is 5.90. The number of hydrogen-bond donors (Lipinski definition) is 1. The number of esters is 1. The Kier molecular flexibility index (Phi) is 2.83. The lowest BCUT2D eigenvalue weighted by Gasteiger charge is -2.19. The highest BCUT2D eigenvalue weighted by Gasteiger charge is 2.28. The molecule has 1 rings (SSSR count). The second kappa shape index (κ2) is 3.69. The van der Waals surface area contributed by atoms with Gasteiger partial charge in [-0.05, 0) is 7.05 Å². The lowest BCUT2D eigenvalue weighted by molar-refractivity contribution is -0.136. The van der Waals surface area contributed by atoms with Crippen LogP contribution in [0.2, 0.25) is 0 Å². The number of carbonyl (C=O) groups excluding carboxylic acids is 1. The van der Waals surface area contributed by atoms with Crippen LogP contribution in [-0.2, 0) is 9.53 Å². The smallest absolute Gasteiger partial charge is 0.335 e. The summed E-state index contributed by atoms with van der Waals surface area (Å²) >= 11 is 0. The van der Waals surface area contributed by atoms with Crippen molar-refractivity contribution in [3.8, 4) is 0 Å². The second-order valence-corrected chi connectivity index (χ2v) is 2.79. The van der Waals surface area contributed by atoms with Crippen molar-refractivity contribution < 1.29 is 14.6 Å². The van der Waals surface area contributed by atoms with Crippen molar-refractivity contribution >= 4 is 5.97 Å². The first kappa shape index (κ1) is 9.22. The molecule has 0 amide bonds. The quantitative estimate of drug-likeness (QED) is 0.563. The van der Waals surface area contributed by atoms with E-state index in [0.717, 1.165) is 0 Å². The monoisotopic (exact) mass is 171 g/mol. The van der Waals surface area contributed by atoms with Crippen LogP contribution < -0.4 is 0 Å². The van der Waals surface area contributed by atoms with Crippen molar-refractivity contribution in [2.24, 2.45) is 0 Å². The van der Waals surface area contributed by atoms with Gasteiger partial charge in [0.05, 0.1) is 25.3 Å². The molecule has 12 heavy (non-hydrogen) atoms. The predicted octanol–water partition coefficient (Wildman–Crippen LogP) is -0.608. The first-order chi connectivity index (χ1) is 5.70. The summed E-state index contributed by atoms with van der Waals surface area (Å²) in [6, 6.07) is -0.197. The van der Waals surface area contributed by atoms with Gasteiger partial charge in [0.2, 0.25) is 0 Å². The minimum atomic E-state index is -0.349. The molecular formula is C8H13NO3. The predicted molar refractivity (Wildman–Crippen MR) is 43.6 cm³/mol. The maximum Gasteiger partial charge on any atom is 0.335 e. The fourth-order valence-electron chi connectivity index (χ4n) is 1.32. The van der Waals surface area contributed by atoms with Gasteiger partial charge in [0, 0.05) is 6.54 Å². The molecular weight excluding hydrogens is 158 g/mol. The number of ether oxygens (including phenoxy) is 1. The topological polar surface area (TPSA) is 49.8 Å². The second-order valence-electron chi connectivity index (χ2n) is 2.79. The lowest BCUT2D eigenvalue weighted by Crippen LogP contribution is -2.33. The fourth-order valence-corrected chi connectivity index (χ4v) is 1.32. The van der Waals surface area contributed by atoms with E-state index in [4.69, 9.17) is 5.11 Å². The first-order valence-corrected chi connectivity index (χ1v) is 3.80. The Morgan fingerprint density at radius 1 is 1.92 bits per heavy atom. The van der Waals surface area contributed by atoms with Gasteiger partial charge in [0.25, 0.3) is 0 Å². The van der Waals surface area contributed by atoms with Crippen molar-refractivity contribution in [3.05, 3.63) is 11.6 Å². The summed E-state index contributed by atoms with van der Waals surface area (Å²) in [6.07, 6.45) is 1.78. The molecule has 0 spiro atoms. The molecule has 0 saturated heterocycles. The first-order valence-electron chi connectivity index (χ1n) is 3.80. The average molecular weight is 171 g/mol. The van der Waals surface area contributed by atoms with E-state index in [9.17, 15) is 4.79 Å². The number of hydrogen-bond acceptors (Lipinski definition) is 4. The van der Waals surface area contributed by atoms with Crippen LogP contribution in [0.25, 0.3) is 0 Å². The molecule has 0 bridgehead atoms. The van der Waals surface area contributed by atoms with Crippen LogP contribution in [0.3, 0.4) is 0 Å². The van der Waals surface area contributed by atoms with Gasteiger partial charge in [-0.15, -0.1) is 0 Å². The van der Waals surface area contributed by atoms with E-state index < -0.39 is 0 Å². The van der Waals surface area contributed by atoms with E-state index >= 15 is 0 Å². The molecule has 4 heteroatoms. The summed E-state index contributed by atoms with van der Waals surface area (Å²) in [6.45, 7) is 0.646. The van der Waals surface area contributed by atoms with Gasteiger partial charge in [0.1, 0.15) is 0 Å². The van der Waals surface area contributed by atoms with E-state index in [0.29, 0.717) is 12.1 Å². The summed E-state index contributed by atoms with van der Waals surface area (Å²) in [4.78, 5) is 13.0. The number of rotatable bonds is 2. The Morgan fingerprint density at radius 3 is 3.08 bits per heavy atom. The van der Waals surface area contributed by atoms with Crippen LogP contribution in [0.15, 0.2) is 11.6 Å². The molecule has 0 fully saturated rings. The summed E-state index contributed by atoms with van der Waals surface area (Å²) in [5, 5.41) is 8.96. The zero-order valence-corrected chi connectivity index (χ0v) is 7.28. The third kappa shape index (κ3) is 1.49. The van der Waals surface area contributed by atoms with Crippen molar-refractivity contribution in [2.45, 2.75) is 6.04 Å². The number of likely N-dealkylation sites (N-methyl/N-ethyl adjacent to an activating group) is 1. The number of methoxy groups -OCH3 is 1. The van der Waals surface area contributed by atoms with Crippen molar-refractivity contribution in [1.29, 1.82) is 0 Å². The molecule has 0 unspecified atom stereocenters. The molecule has 4 nitrogen and oxygen atoms in total. The summed E-state index contributed by atoms with van der Waals surface area (Å²) in [5.74, 6) is -0.349. The Hall–Kier alpha value is -0.870. The van der Waals surface area contributed by atoms with E-state index in [1.807, 2.05) is 11.9 Å². The van der Waals surface area contributed by atoms with Crippen molar-refractivity contribution in [1.82, 2.24) is 4.90 Å². The van der Waals surface area contributed by atoms with E-state index in [2.05, 4.69) is 4.74 Å². The zero-order valence-electron chi connectivity index (χ0n) is 7.28. The number of carbonyl (C=O) groups is 1. The van der Waals surface area contributed by atoms with Gasteiger partial charge >= 0.3 is 5.97 Å². The minimum Gasteiger partial charge on any atom is -0.466 e. The number of nitrogens with zero attached hydrogens (tertiary/aromatic N) is 1. The maximum atomic E-state index is 11.1. The van der Waals surface area contributed by atoms with Crippen LogP contribution in [0.1, 0.15) is 0 Å². The van der Waals surface area contributed by atoms with Crippen LogP contribution in [-0.4, -0.2) is 49.3 Å². The molecule has 0 radical (unpaired) electrons. The third-order valence-electron chi connectivity index (χ3n) is 2.08. The Bertz CT molecular complexity index is 212. The van der Waals surface area contributed by atoms with Crippen LogP contribution >= 0.6 is 0 Å². The van der Waals surface area contributed by atoms with Crippen LogP contribution in [0.5, 0.6) is 0 Å². The zero-order chi connectivity index (χ0) is 9.14. The SMILES string of the molecule is COC(=O)C1=CCN(C)[C@@H]1CO. The molecule has 1 aliphatic heterocycles. The highest BCUT2D eigenvalue weighted by atomic mass is 16.5. The van der Waals surface area contributed by atoms with Gasteiger partial charge in [-0.3, -0.25) is 4.90 Å². The van der Waals surface area contributed by atoms with Crippen molar-refractivity contribution in [3.63, 3.8) is 0 Å². The third-order valence-corrected chi connectivity index (χ3v) is 2.08. The molecule has 0 aliphatic carbocycles. The molecule has 0 aromatic carbocycles. The molecule has 0 aromatic heterocycles. The molecule has 68 valence electrons. The average Bonchev–Trinajstić information content (AvgIpc) is 2.45. The summed E-state index contributed by atoms with van der Waals surface area (Å²) < 4.78 is 4.57. The van der Waals surface area contributed by atoms with Gasteiger partial charge in [0.15, 0.2) is 0 Å². The molecule has 1 aliphatic rings. The Balaban J connectivity index is 2.71. The van der Waals surface area contributed by atoms with Gasteiger partial charge in [-0.25, -0.2) is 4.79 Å². The summed E-state index contributed by atoms with van der Waals surface area (Å²) in [5.41, 5.74) is 0.558. The lowest BCUT2D eigenvalue weighted by atomic mass is 10.1. The largest absolute Gasteiger partial charge is 0.466 e. The number of aliphatic hydroxyl groups is 1. The van der Waals surface area contributed by atoms with E-state index in [1.54, 1.807) is 6.08 Å².